The van der Waals surface area contributed by atoms with Gasteiger partial charge in [-0.3, -0.25) is 0 Å². The molecule has 118 valence electrons. The highest BCUT2D eigenvalue weighted by atomic mass is 127. The van der Waals surface area contributed by atoms with E-state index in [2.05, 4.69) is 43.2 Å². The summed E-state index contributed by atoms with van der Waals surface area (Å²) < 4.78 is 5.72. The number of benzene rings is 1. The van der Waals surface area contributed by atoms with Gasteiger partial charge in [-0.2, -0.15) is 0 Å². The third-order valence-corrected chi connectivity index (χ3v) is 3.27. The minimum Gasteiger partial charge on any atom is -0.492 e. The average molecular weight is 403 g/mol. The second kappa shape index (κ2) is 7.87. The zero-order chi connectivity index (χ0) is 14.6. The highest BCUT2D eigenvalue weighted by Crippen LogP contribution is 2.25. The van der Waals surface area contributed by atoms with Crippen LogP contribution < -0.4 is 15.8 Å². The summed E-state index contributed by atoms with van der Waals surface area (Å²) in [6, 6.07) is 8.77. The Bertz CT molecular complexity index is 479. The summed E-state index contributed by atoms with van der Waals surface area (Å²) in [5, 5.41) is 3.15. The smallest absolute Gasteiger partial charge is 0.188 e. The standard InChI is InChI=1S/C16H25N3O.HI/c1-16(2,3)12-5-4-6-14(11-12)20-10-9-18-15(17)19-13-7-8-13;/h4-6,11,13H,7-10H2,1-3H3,(H3,17,18,19);1H. The topological polar surface area (TPSA) is 59.6 Å². The fraction of sp³-hybridized carbons (Fsp3) is 0.562. The first-order valence-electron chi connectivity index (χ1n) is 7.25. The Hall–Kier alpha value is -0.980. The zero-order valence-corrected chi connectivity index (χ0v) is 15.4. The number of nitrogens with one attached hydrogen (secondary N) is 1. The van der Waals surface area contributed by atoms with Crippen molar-refractivity contribution in [1.29, 1.82) is 0 Å². The molecule has 0 radical (unpaired) electrons. The van der Waals surface area contributed by atoms with Crippen LogP contribution in [0.2, 0.25) is 0 Å². The molecule has 0 unspecified atom stereocenters. The molecular formula is C16H26IN3O. The van der Waals surface area contributed by atoms with Crippen LogP contribution in [0.15, 0.2) is 29.3 Å². The summed E-state index contributed by atoms with van der Waals surface area (Å²) in [6.07, 6.45) is 2.40. The van der Waals surface area contributed by atoms with Crippen LogP contribution in [0, 0.1) is 0 Å². The van der Waals surface area contributed by atoms with Crippen LogP contribution in [0.4, 0.5) is 0 Å². The number of nitrogens with zero attached hydrogens (tertiary/aromatic N) is 1. The summed E-state index contributed by atoms with van der Waals surface area (Å²) in [4.78, 5) is 4.25. The molecule has 0 bridgehead atoms. The van der Waals surface area contributed by atoms with Crippen molar-refractivity contribution < 1.29 is 4.74 Å². The summed E-state index contributed by atoms with van der Waals surface area (Å²) in [5.41, 5.74) is 7.17. The van der Waals surface area contributed by atoms with Crippen molar-refractivity contribution in [3.63, 3.8) is 0 Å². The third kappa shape index (κ3) is 6.54. The Morgan fingerprint density at radius 2 is 2.10 bits per heavy atom. The minimum absolute atomic E-state index is 0. The second-order valence-corrected chi connectivity index (χ2v) is 6.31. The van der Waals surface area contributed by atoms with Crippen LogP contribution >= 0.6 is 24.0 Å². The van der Waals surface area contributed by atoms with E-state index >= 15 is 0 Å². The fourth-order valence-electron chi connectivity index (χ4n) is 1.86. The molecule has 5 heteroatoms. The van der Waals surface area contributed by atoms with Gasteiger partial charge < -0.3 is 15.8 Å². The summed E-state index contributed by atoms with van der Waals surface area (Å²) >= 11 is 0. The Kier molecular flexibility index (Phi) is 6.77. The Labute approximate surface area is 144 Å². The molecule has 0 amide bonds. The normalized spacial score (nSPS) is 15.3. The molecular weight excluding hydrogens is 377 g/mol. The van der Waals surface area contributed by atoms with Gasteiger partial charge in [0.25, 0.3) is 0 Å². The maximum absolute atomic E-state index is 5.76. The monoisotopic (exact) mass is 403 g/mol. The second-order valence-electron chi connectivity index (χ2n) is 6.31. The first kappa shape index (κ1) is 18.1. The Morgan fingerprint density at radius 1 is 1.38 bits per heavy atom. The van der Waals surface area contributed by atoms with E-state index in [1.54, 1.807) is 0 Å². The largest absolute Gasteiger partial charge is 0.492 e. The molecule has 1 fully saturated rings. The highest BCUT2D eigenvalue weighted by Gasteiger charge is 2.21. The highest BCUT2D eigenvalue weighted by molar-refractivity contribution is 14.0. The molecule has 0 heterocycles. The summed E-state index contributed by atoms with van der Waals surface area (Å²) in [5.74, 6) is 1.42. The lowest BCUT2D eigenvalue weighted by molar-refractivity contribution is 0.327. The summed E-state index contributed by atoms with van der Waals surface area (Å²) in [6.45, 7) is 7.70. The lowest BCUT2D eigenvalue weighted by atomic mass is 9.87. The first-order chi connectivity index (χ1) is 9.45. The van der Waals surface area contributed by atoms with Gasteiger partial charge in [0.05, 0.1) is 6.54 Å². The predicted molar refractivity (Wildman–Crippen MR) is 98.7 cm³/mol. The van der Waals surface area contributed by atoms with E-state index in [1.807, 2.05) is 12.1 Å². The van der Waals surface area contributed by atoms with Crippen molar-refractivity contribution in [2.24, 2.45) is 10.7 Å². The van der Waals surface area contributed by atoms with E-state index in [9.17, 15) is 0 Å². The van der Waals surface area contributed by atoms with Crippen molar-refractivity contribution in [3.05, 3.63) is 29.8 Å². The molecule has 0 aromatic heterocycles. The van der Waals surface area contributed by atoms with Gasteiger partial charge in [-0.15, -0.1) is 24.0 Å². The molecule has 0 aliphatic heterocycles. The molecule has 0 atom stereocenters. The van der Waals surface area contributed by atoms with Gasteiger partial charge >= 0.3 is 0 Å². The van der Waals surface area contributed by atoms with Crippen molar-refractivity contribution in [2.45, 2.75) is 45.1 Å². The molecule has 1 aromatic carbocycles. The number of aliphatic imine (C=N–C) groups is 1. The van der Waals surface area contributed by atoms with Crippen molar-refractivity contribution in [2.75, 3.05) is 13.2 Å². The Balaban J connectivity index is 0.00000220. The van der Waals surface area contributed by atoms with Crippen LogP contribution in [0.25, 0.3) is 0 Å². The van der Waals surface area contributed by atoms with Crippen LogP contribution in [0.5, 0.6) is 5.75 Å². The van der Waals surface area contributed by atoms with Crippen molar-refractivity contribution in [3.8, 4) is 5.75 Å². The SMILES string of the molecule is CC(C)(C)c1cccc(OCCN=C(N)NC2CC2)c1.I. The number of halogens is 1. The van der Waals surface area contributed by atoms with Crippen molar-refractivity contribution >= 4 is 29.9 Å². The molecule has 1 aliphatic carbocycles. The molecule has 1 aliphatic rings. The summed E-state index contributed by atoms with van der Waals surface area (Å²) in [7, 11) is 0. The molecule has 3 N–H and O–H groups in total. The third-order valence-electron chi connectivity index (χ3n) is 3.27. The van der Waals surface area contributed by atoms with E-state index in [1.165, 1.54) is 18.4 Å². The van der Waals surface area contributed by atoms with E-state index < -0.39 is 0 Å². The number of nitrogens with two attached hydrogens (primary N) is 1. The molecule has 0 spiro atoms. The molecule has 1 aromatic rings. The zero-order valence-electron chi connectivity index (χ0n) is 13.1. The molecule has 2 rings (SSSR count). The molecule has 4 nitrogen and oxygen atoms in total. The van der Waals surface area contributed by atoms with Gasteiger partial charge in [-0.25, -0.2) is 4.99 Å². The van der Waals surface area contributed by atoms with Gasteiger partial charge in [0.2, 0.25) is 0 Å². The van der Waals surface area contributed by atoms with Gasteiger partial charge in [0.1, 0.15) is 12.4 Å². The van der Waals surface area contributed by atoms with E-state index in [0.29, 0.717) is 25.2 Å². The van der Waals surface area contributed by atoms with Gasteiger partial charge in [-0.05, 0) is 36.0 Å². The fourth-order valence-corrected chi connectivity index (χ4v) is 1.86. The maximum Gasteiger partial charge on any atom is 0.188 e. The number of ether oxygens (including phenoxy) is 1. The number of hydrogen-bond acceptors (Lipinski definition) is 2. The predicted octanol–water partition coefficient (Wildman–Crippen LogP) is 3.05. The lowest BCUT2D eigenvalue weighted by Crippen LogP contribution is -2.33. The number of guanidine groups is 1. The molecule has 0 saturated heterocycles. The first-order valence-corrected chi connectivity index (χ1v) is 7.25. The van der Waals surface area contributed by atoms with E-state index in [0.717, 1.165) is 5.75 Å². The Morgan fingerprint density at radius 3 is 2.71 bits per heavy atom. The van der Waals surface area contributed by atoms with E-state index in [4.69, 9.17) is 10.5 Å². The maximum atomic E-state index is 5.76. The number of rotatable bonds is 5. The van der Waals surface area contributed by atoms with Crippen molar-refractivity contribution in [1.82, 2.24) is 5.32 Å². The number of hydrogen-bond donors (Lipinski definition) is 2. The van der Waals surface area contributed by atoms with Gasteiger partial charge in [0.15, 0.2) is 5.96 Å². The van der Waals surface area contributed by atoms with E-state index in [-0.39, 0.29) is 29.4 Å². The molecule has 21 heavy (non-hydrogen) atoms. The quantitative estimate of drug-likeness (QED) is 0.344. The van der Waals surface area contributed by atoms with Crippen LogP contribution in [0.1, 0.15) is 39.2 Å². The minimum atomic E-state index is 0. The van der Waals surface area contributed by atoms with Gasteiger partial charge in [-0.1, -0.05) is 32.9 Å². The van der Waals surface area contributed by atoms with Crippen LogP contribution in [-0.2, 0) is 5.41 Å². The lowest BCUT2D eigenvalue weighted by Gasteiger charge is -2.19. The average Bonchev–Trinajstić information content (AvgIpc) is 3.18. The van der Waals surface area contributed by atoms with Crippen LogP contribution in [0.3, 0.4) is 0 Å². The van der Waals surface area contributed by atoms with Crippen LogP contribution in [-0.4, -0.2) is 25.2 Å². The molecule has 1 saturated carbocycles. The van der Waals surface area contributed by atoms with Gasteiger partial charge in [0, 0.05) is 6.04 Å².